The largest absolute Gasteiger partial charge is 0.395 e. The fourth-order valence-electron chi connectivity index (χ4n) is 6.20. The van der Waals surface area contributed by atoms with Gasteiger partial charge < -0.3 is 22.2 Å². The van der Waals surface area contributed by atoms with Gasteiger partial charge in [0.15, 0.2) is 5.82 Å². The molecular weight excluding hydrogens is 436 g/mol. The van der Waals surface area contributed by atoms with Crippen molar-refractivity contribution in [3.05, 3.63) is 83.4 Å². The lowest BCUT2D eigenvalue weighted by atomic mass is 9.54. The molecule has 7 nitrogen and oxygen atoms in total. The molecule has 3 aliphatic carbocycles. The van der Waals surface area contributed by atoms with Crippen molar-refractivity contribution >= 4 is 23.1 Å². The standard InChI is InChI=1S/C28H34N6O/c29-24-17-22(25(30)26(33-24)34-31)21(19-7-3-1-4-8-19)11-16-32-27-12-14-28(15-13-27,23(35)18-27)20-9-5-2-6-10-20/h1-10,17,21,32H,11-16,18,30-31H2,(H3,29,33,34). The molecule has 0 aliphatic heterocycles. The van der Waals surface area contributed by atoms with Gasteiger partial charge in [-0.1, -0.05) is 60.7 Å². The number of benzene rings is 2. The summed E-state index contributed by atoms with van der Waals surface area (Å²) in [5.41, 5.74) is 18.4. The fourth-order valence-corrected chi connectivity index (χ4v) is 6.20. The Hall–Kier alpha value is -3.42. The molecule has 7 heteroatoms. The third-order valence-electron chi connectivity index (χ3n) is 8.18. The van der Waals surface area contributed by atoms with Crippen LogP contribution in [0.15, 0.2) is 66.7 Å². The second-order valence-corrected chi connectivity index (χ2v) is 10.1. The third-order valence-corrected chi connectivity index (χ3v) is 8.18. The molecule has 0 amide bonds. The van der Waals surface area contributed by atoms with Crippen molar-refractivity contribution in [3.8, 4) is 0 Å². The number of hydrogen-bond acceptors (Lipinski definition) is 7. The maximum atomic E-state index is 13.4. The smallest absolute Gasteiger partial charge is 0.165 e. The number of nitrogens with zero attached hydrogens (tertiary/aromatic N) is 1. The molecule has 35 heavy (non-hydrogen) atoms. The van der Waals surface area contributed by atoms with Crippen molar-refractivity contribution in [2.24, 2.45) is 5.84 Å². The summed E-state index contributed by atoms with van der Waals surface area (Å²) in [6, 6.07) is 22.4. The van der Waals surface area contributed by atoms with E-state index in [0.29, 0.717) is 29.5 Å². The number of anilines is 3. The van der Waals surface area contributed by atoms with Gasteiger partial charge in [0, 0.05) is 17.9 Å². The third kappa shape index (κ3) is 4.26. The molecule has 1 heterocycles. The molecule has 1 unspecified atom stereocenters. The van der Waals surface area contributed by atoms with E-state index in [1.54, 1.807) is 0 Å². The molecule has 182 valence electrons. The van der Waals surface area contributed by atoms with Gasteiger partial charge in [0.05, 0.1) is 11.1 Å². The van der Waals surface area contributed by atoms with Crippen molar-refractivity contribution < 1.29 is 4.79 Å². The van der Waals surface area contributed by atoms with Crippen LogP contribution in [0.4, 0.5) is 17.3 Å². The first-order chi connectivity index (χ1) is 17.0. The SMILES string of the molecule is NNc1nc(N)cc(C(CCNC23CCC(c4ccccc4)(CC2)C(=O)C3)c2ccccc2)c1N. The van der Waals surface area contributed by atoms with Gasteiger partial charge in [-0.3, -0.25) is 4.79 Å². The Morgan fingerprint density at radius 3 is 2.23 bits per heavy atom. The van der Waals surface area contributed by atoms with Crippen LogP contribution in [0.1, 0.15) is 61.1 Å². The summed E-state index contributed by atoms with van der Waals surface area (Å²) in [7, 11) is 0. The van der Waals surface area contributed by atoms with E-state index in [2.05, 4.69) is 40.0 Å². The number of rotatable bonds is 8. The quantitative estimate of drug-likeness (QED) is 0.249. The molecule has 8 N–H and O–H groups in total. The predicted molar refractivity (Wildman–Crippen MR) is 141 cm³/mol. The van der Waals surface area contributed by atoms with Gasteiger partial charge in [-0.05, 0) is 61.4 Å². The number of nitrogens with two attached hydrogens (primary N) is 3. The number of nitrogens with one attached hydrogen (secondary N) is 2. The molecular formula is C28H34N6O. The molecule has 3 saturated carbocycles. The maximum Gasteiger partial charge on any atom is 0.165 e. The molecule has 3 aliphatic rings. The van der Waals surface area contributed by atoms with E-state index >= 15 is 0 Å². The van der Waals surface area contributed by atoms with Crippen LogP contribution in [0, 0.1) is 0 Å². The molecule has 0 radical (unpaired) electrons. The Labute approximate surface area is 206 Å². The van der Waals surface area contributed by atoms with Crippen molar-refractivity contribution in [2.75, 3.05) is 23.4 Å². The van der Waals surface area contributed by atoms with Gasteiger partial charge >= 0.3 is 0 Å². The molecule has 3 fully saturated rings. The summed E-state index contributed by atoms with van der Waals surface area (Å²) >= 11 is 0. The van der Waals surface area contributed by atoms with Crippen molar-refractivity contribution in [3.63, 3.8) is 0 Å². The van der Waals surface area contributed by atoms with Crippen LogP contribution in [0.5, 0.6) is 0 Å². The minimum absolute atomic E-state index is 0.0174. The number of carbonyl (C=O) groups is 1. The van der Waals surface area contributed by atoms with Crippen LogP contribution in [0.2, 0.25) is 0 Å². The summed E-state index contributed by atoms with van der Waals surface area (Å²) in [5.74, 6) is 6.79. The summed E-state index contributed by atoms with van der Waals surface area (Å²) in [6.07, 6.45) is 5.23. The zero-order chi connectivity index (χ0) is 24.5. The van der Waals surface area contributed by atoms with Gasteiger partial charge in [-0.15, -0.1) is 0 Å². The first-order valence-electron chi connectivity index (χ1n) is 12.4. The average Bonchev–Trinajstić information content (AvgIpc) is 2.89. The number of aromatic nitrogens is 1. The summed E-state index contributed by atoms with van der Waals surface area (Å²) in [6.45, 7) is 0.762. The van der Waals surface area contributed by atoms with E-state index in [4.69, 9.17) is 17.3 Å². The molecule has 1 atom stereocenters. The number of fused-ring (bicyclic) bond motifs is 3. The summed E-state index contributed by atoms with van der Waals surface area (Å²) < 4.78 is 0. The van der Waals surface area contributed by atoms with E-state index in [1.807, 2.05) is 42.5 Å². The van der Waals surface area contributed by atoms with Crippen molar-refractivity contribution in [2.45, 2.75) is 55.4 Å². The minimum atomic E-state index is -0.300. The number of Topliss-reactive ketones (excluding diaryl/α,β-unsaturated/α-hetero) is 1. The topological polar surface area (TPSA) is 132 Å². The fraction of sp³-hybridized carbons (Fsp3) is 0.357. The van der Waals surface area contributed by atoms with Gasteiger partial charge in [-0.25, -0.2) is 10.8 Å². The first-order valence-corrected chi connectivity index (χ1v) is 12.4. The lowest BCUT2D eigenvalue weighted by molar-refractivity contribution is -0.133. The number of hydrazine groups is 1. The normalized spacial score (nSPS) is 24.3. The van der Waals surface area contributed by atoms with Crippen LogP contribution in [-0.2, 0) is 10.2 Å². The highest BCUT2D eigenvalue weighted by molar-refractivity contribution is 5.93. The monoisotopic (exact) mass is 470 g/mol. The van der Waals surface area contributed by atoms with E-state index < -0.39 is 0 Å². The Bertz CT molecular complexity index is 1190. The zero-order valence-corrected chi connectivity index (χ0v) is 20.0. The van der Waals surface area contributed by atoms with Gasteiger partial charge in [0.25, 0.3) is 0 Å². The van der Waals surface area contributed by atoms with Crippen molar-refractivity contribution in [1.29, 1.82) is 0 Å². The van der Waals surface area contributed by atoms with E-state index in [9.17, 15) is 4.79 Å². The van der Waals surface area contributed by atoms with Crippen LogP contribution in [0.25, 0.3) is 0 Å². The van der Waals surface area contributed by atoms with Crippen molar-refractivity contribution in [1.82, 2.24) is 10.3 Å². The highest BCUT2D eigenvalue weighted by atomic mass is 16.1. The Balaban J connectivity index is 1.34. The van der Waals surface area contributed by atoms with Gasteiger partial charge in [-0.2, -0.15) is 0 Å². The number of pyridine rings is 1. The predicted octanol–water partition coefficient (Wildman–Crippen LogP) is 3.87. The number of hydrogen-bond donors (Lipinski definition) is 5. The van der Waals surface area contributed by atoms with E-state index in [-0.39, 0.29) is 16.9 Å². The zero-order valence-electron chi connectivity index (χ0n) is 20.0. The lowest BCUT2D eigenvalue weighted by Crippen LogP contribution is -2.60. The highest BCUT2D eigenvalue weighted by Gasteiger charge is 2.54. The van der Waals surface area contributed by atoms with Crippen LogP contribution in [-0.4, -0.2) is 22.9 Å². The molecule has 2 aromatic carbocycles. The highest BCUT2D eigenvalue weighted by Crippen LogP contribution is 2.51. The number of ketones is 1. The second kappa shape index (κ2) is 9.32. The average molecular weight is 471 g/mol. The Morgan fingerprint density at radius 2 is 1.60 bits per heavy atom. The Morgan fingerprint density at radius 1 is 0.943 bits per heavy atom. The number of nitrogen functional groups attached to an aromatic ring is 3. The summed E-state index contributed by atoms with van der Waals surface area (Å²) in [4.78, 5) is 17.6. The lowest BCUT2D eigenvalue weighted by Gasteiger charge is -2.53. The minimum Gasteiger partial charge on any atom is -0.395 e. The molecule has 0 saturated heterocycles. The molecule has 1 aromatic heterocycles. The first kappa shape index (κ1) is 23.3. The van der Waals surface area contributed by atoms with E-state index in [1.165, 1.54) is 5.56 Å². The van der Waals surface area contributed by atoms with Gasteiger partial charge in [0.1, 0.15) is 11.6 Å². The molecule has 2 bridgehead atoms. The van der Waals surface area contributed by atoms with Crippen LogP contribution >= 0.6 is 0 Å². The maximum absolute atomic E-state index is 13.4. The number of carbonyl (C=O) groups excluding carboxylic acids is 1. The second-order valence-electron chi connectivity index (χ2n) is 10.1. The molecule has 3 aromatic rings. The van der Waals surface area contributed by atoms with Crippen LogP contribution < -0.4 is 28.1 Å². The Kier molecular flexibility index (Phi) is 6.21. The van der Waals surface area contributed by atoms with Crippen LogP contribution in [0.3, 0.4) is 0 Å². The van der Waals surface area contributed by atoms with E-state index in [0.717, 1.165) is 49.8 Å². The molecule has 6 rings (SSSR count). The van der Waals surface area contributed by atoms with Gasteiger partial charge in [0.2, 0.25) is 0 Å². The molecule has 0 spiro atoms. The summed E-state index contributed by atoms with van der Waals surface area (Å²) in [5, 5.41) is 3.81.